The molecule has 0 saturated carbocycles. The van der Waals surface area contributed by atoms with Gasteiger partial charge < -0.3 is 31.9 Å². The number of amides is 4. The Balaban J connectivity index is 2.05. The number of carbonyl (C=O) groups excluding carboxylic acids is 4. The summed E-state index contributed by atoms with van der Waals surface area (Å²) in [6, 6.07) is 18.2. The zero-order valence-corrected chi connectivity index (χ0v) is 26.3. The maximum Gasteiger partial charge on any atom is 0.249 e. The Morgan fingerprint density at radius 2 is 1.44 bits per heavy atom. The van der Waals surface area contributed by atoms with E-state index >= 15 is 0 Å². The summed E-state index contributed by atoms with van der Waals surface area (Å²) in [6.07, 6.45) is 0.619. The molecule has 0 aromatic heterocycles. The Morgan fingerprint density at radius 1 is 0.889 bits per heavy atom. The average molecular weight is 619 g/mol. The molecule has 3 rings (SSSR count). The van der Waals surface area contributed by atoms with Crippen LogP contribution in [0.15, 0.2) is 84.0 Å². The number of primary amides is 2. The van der Waals surface area contributed by atoms with E-state index in [1.165, 1.54) is 19.1 Å². The summed E-state index contributed by atoms with van der Waals surface area (Å²) in [5.41, 5.74) is 11.6. The lowest BCUT2D eigenvalue weighted by Gasteiger charge is -2.43. The van der Waals surface area contributed by atoms with Crippen LogP contribution in [0.4, 0.5) is 0 Å². The number of carbonyl (C=O) groups is 4. The molecule has 45 heavy (non-hydrogen) atoms. The van der Waals surface area contributed by atoms with Crippen LogP contribution < -0.4 is 16.8 Å². The summed E-state index contributed by atoms with van der Waals surface area (Å²) in [5.74, 6) is -4.86. The first-order chi connectivity index (χ1) is 21.4. The fourth-order valence-electron chi connectivity index (χ4n) is 5.95. The summed E-state index contributed by atoms with van der Waals surface area (Å²) in [5, 5.41) is 26.1. The number of hydrogen-bond acceptors (Lipinski definition) is 6. The third-order valence-corrected chi connectivity index (χ3v) is 8.48. The first kappa shape index (κ1) is 35.2. The summed E-state index contributed by atoms with van der Waals surface area (Å²) < 4.78 is 0. The molecular formula is C35H46N4O6. The van der Waals surface area contributed by atoms with Crippen molar-refractivity contribution in [1.82, 2.24) is 10.2 Å². The van der Waals surface area contributed by atoms with Gasteiger partial charge in [-0.15, -0.1) is 0 Å². The highest BCUT2D eigenvalue weighted by atomic mass is 16.3. The summed E-state index contributed by atoms with van der Waals surface area (Å²) >= 11 is 0. The minimum atomic E-state index is -1.80. The maximum absolute atomic E-state index is 13.8. The molecule has 0 bridgehead atoms. The van der Waals surface area contributed by atoms with Crippen molar-refractivity contribution < 1.29 is 29.4 Å². The van der Waals surface area contributed by atoms with Gasteiger partial charge in [-0.05, 0) is 42.9 Å². The summed E-state index contributed by atoms with van der Waals surface area (Å²) in [6.45, 7) is 6.52. The molecule has 0 spiro atoms. The SMILES string of the molecule is CCCN(CCC)C(=O)C1=CC(C(N)=O)=CC(C(N)=O)([C@H](Cc2ccccc2)[C@@H](O)[C@H](O)[C@@H](C)C(=O)NCc2ccccc2)C1. The van der Waals surface area contributed by atoms with Crippen molar-refractivity contribution in [2.45, 2.75) is 65.2 Å². The van der Waals surface area contributed by atoms with E-state index in [1.54, 1.807) is 29.2 Å². The standard InChI is InChI=1S/C35H46N4O6/c1-4-16-39(17-5-2)33(44)27-19-26(31(36)42)20-35(21-27,34(37)45)28(18-24-12-8-6-9-13-24)30(41)29(40)23(3)32(43)38-22-25-14-10-7-11-15-25/h6-15,19-20,23,28-30,40-41H,4-5,16-18,21-22H2,1-3H3,(H2,36,42)(H2,37,45)(H,38,43)/t23-,28-,29-,30-,35?/m1/s1. The molecule has 2 aromatic carbocycles. The number of nitrogens with zero attached hydrogens (tertiary/aromatic N) is 1. The molecule has 2 aromatic rings. The van der Waals surface area contributed by atoms with Crippen molar-refractivity contribution in [3.8, 4) is 0 Å². The zero-order valence-electron chi connectivity index (χ0n) is 26.3. The van der Waals surface area contributed by atoms with E-state index in [0.717, 1.165) is 5.56 Å². The van der Waals surface area contributed by atoms with Crippen LogP contribution >= 0.6 is 0 Å². The van der Waals surface area contributed by atoms with Crippen LogP contribution in [0.5, 0.6) is 0 Å². The van der Waals surface area contributed by atoms with Crippen LogP contribution in [0.1, 0.15) is 51.2 Å². The molecule has 0 radical (unpaired) electrons. The highest BCUT2D eigenvalue weighted by Crippen LogP contribution is 2.45. The zero-order chi connectivity index (χ0) is 33.1. The van der Waals surface area contributed by atoms with Crippen molar-refractivity contribution in [3.63, 3.8) is 0 Å². The van der Waals surface area contributed by atoms with Crippen molar-refractivity contribution in [2.24, 2.45) is 28.7 Å². The lowest BCUT2D eigenvalue weighted by atomic mass is 9.62. The molecule has 1 unspecified atom stereocenters. The fourth-order valence-corrected chi connectivity index (χ4v) is 5.95. The van der Waals surface area contributed by atoms with Crippen molar-refractivity contribution in [2.75, 3.05) is 13.1 Å². The molecule has 1 aliphatic rings. The van der Waals surface area contributed by atoms with E-state index < -0.39 is 47.2 Å². The lowest BCUT2D eigenvalue weighted by molar-refractivity contribution is -0.140. The normalized spacial score (nSPS) is 18.9. The van der Waals surface area contributed by atoms with Gasteiger partial charge in [-0.3, -0.25) is 19.2 Å². The Morgan fingerprint density at radius 3 is 1.96 bits per heavy atom. The van der Waals surface area contributed by atoms with Crippen LogP contribution in [0.25, 0.3) is 0 Å². The highest BCUT2D eigenvalue weighted by molar-refractivity contribution is 6.03. The minimum absolute atomic E-state index is 0.0397. The molecule has 0 fully saturated rings. The van der Waals surface area contributed by atoms with E-state index in [1.807, 2.05) is 50.2 Å². The highest BCUT2D eigenvalue weighted by Gasteiger charge is 2.51. The number of aliphatic hydroxyl groups excluding tert-OH is 2. The first-order valence-corrected chi connectivity index (χ1v) is 15.5. The number of benzene rings is 2. The Hall–Kier alpha value is -4.28. The topological polar surface area (TPSA) is 176 Å². The van der Waals surface area contributed by atoms with Gasteiger partial charge in [0, 0.05) is 36.7 Å². The summed E-state index contributed by atoms with van der Waals surface area (Å²) in [7, 11) is 0. The molecule has 0 heterocycles. The second-order valence-corrected chi connectivity index (χ2v) is 11.8. The number of aliphatic hydroxyl groups is 2. The molecule has 7 N–H and O–H groups in total. The van der Waals surface area contributed by atoms with Gasteiger partial charge in [0.1, 0.15) is 0 Å². The van der Waals surface area contributed by atoms with E-state index in [9.17, 15) is 29.4 Å². The lowest BCUT2D eigenvalue weighted by Crippen LogP contribution is -2.54. The van der Waals surface area contributed by atoms with Gasteiger partial charge in [-0.25, -0.2) is 0 Å². The second kappa shape index (κ2) is 16.2. The Labute approximate surface area is 265 Å². The molecular weight excluding hydrogens is 572 g/mol. The van der Waals surface area contributed by atoms with E-state index in [4.69, 9.17) is 11.5 Å². The van der Waals surface area contributed by atoms with Crippen LogP contribution in [0.3, 0.4) is 0 Å². The number of nitrogens with two attached hydrogens (primary N) is 2. The van der Waals surface area contributed by atoms with Crippen LogP contribution in [-0.2, 0) is 32.1 Å². The summed E-state index contributed by atoms with van der Waals surface area (Å²) in [4.78, 5) is 54.7. The maximum atomic E-state index is 13.8. The van der Waals surface area contributed by atoms with Gasteiger partial charge in [0.15, 0.2) is 0 Å². The third kappa shape index (κ3) is 8.67. The van der Waals surface area contributed by atoms with Crippen LogP contribution in [-0.4, -0.2) is 64.0 Å². The van der Waals surface area contributed by atoms with Gasteiger partial charge in [-0.1, -0.05) is 87.5 Å². The fraction of sp³-hybridized carbons (Fsp3) is 0.429. The third-order valence-electron chi connectivity index (χ3n) is 8.48. The molecule has 4 amide bonds. The van der Waals surface area contributed by atoms with E-state index in [-0.39, 0.29) is 36.4 Å². The Kier molecular flexibility index (Phi) is 12.6. The van der Waals surface area contributed by atoms with Gasteiger partial charge in [0.05, 0.1) is 23.5 Å². The predicted molar refractivity (Wildman–Crippen MR) is 172 cm³/mol. The minimum Gasteiger partial charge on any atom is -0.390 e. The predicted octanol–water partition coefficient (Wildman–Crippen LogP) is 2.38. The average Bonchev–Trinajstić information content (AvgIpc) is 3.05. The monoisotopic (exact) mass is 618 g/mol. The molecule has 1 aliphatic carbocycles. The number of rotatable bonds is 16. The molecule has 242 valence electrons. The van der Waals surface area contributed by atoms with Crippen LogP contribution in [0.2, 0.25) is 0 Å². The smallest absolute Gasteiger partial charge is 0.249 e. The molecule has 10 nitrogen and oxygen atoms in total. The van der Waals surface area contributed by atoms with Crippen molar-refractivity contribution in [1.29, 1.82) is 0 Å². The van der Waals surface area contributed by atoms with Gasteiger partial charge in [0.2, 0.25) is 23.6 Å². The second-order valence-electron chi connectivity index (χ2n) is 11.8. The molecule has 10 heteroatoms. The van der Waals surface area contributed by atoms with E-state index in [0.29, 0.717) is 31.5 Å². The number of nitrogens with one attached hydrogen (secondary N) is 1. The van der Waals surface area contributed by atoms with Crippen LogP contribution in [0, 0.1) is 17.3 Å². The quantitative estimate of drug-likeness (QED) is 0.193. The van der Waals surface area contributed by atoms with Gasteiger partial charge in [0.25, 0.3) is 0 Å². The van der Waals surface area contributed by atoms with Crippen molar-refractivity contribution in [3.05, 3.63) is 95.1 Å². The number of hydrogen-bond donors (Lipinski definition) is 5. The Bertz CT molecular complexity index is 1390. The molecule has 5 atom stereocenters. The first-order valence-electron chi connectivity index (χ1n) is 15.5. The van der Waals surface area contributed by atoms with E-state index in [2.05, 4.69) is 5.32 Å². The van der Waals surface area contributed by atoms with Crippen molar-refractivity contribution >= 4 is 23.6 Å². The molecule has 0 aliphatic heterocycles. The van der Waals surface area contributed by atoms with Gasteiger partial charge >= 0.3 is 0 Å². The molecule has 0 saturated heterocycles. The largest absolute Gasteiger partial charge is 0.390 e. The van der Waals surface area contributed by atoms with Gasteiger partial charge in [-0.2, -0.15) is 0 Å².